The number of rotatable bonds is 5. The Bertz CT molecular complexity index is 551. The molecule has 1 aromatic heterocycles. The zero-order valence-electron chi connectivity index (χ0n) is 14.1. The lowest BCUT2D eigenvalue weighted by atomic mass is 10.0. The van der Waals surface area contributed by atoms with Gasteiger partial charge >= 0.3 is 0 Å². The fourth-order valence-corrected chi connectivity index (χ4v) is 2.84. The van der Waals surface area contributed by atoms with Crippen molar-refractivity contribution in [1.29, 1.82) is 0 Å². The van der Waals surface area contributed by atoms with Gasteiger partial charge in [0.05, 0.1) is 29.0 Å². The molecule has 23 heavy (non-hydrogen) atoms. The van der Waals surface area contributed by atoms with Gasteiger partial charge in [0.1, 0.15) is 6.61 Å². The number of carbonyl (C=O) groups excluding carboxylic acids is 1. The highest BCUT2D eigenvalue weighted by Gasteiger charge is 2.34. The molecule has 0 spiro atoms. The molecule has 7 heteroatoms. The van der Waals surface area contributed by atoms with E-state index in [1.165, 1.54) is 4.90 Å². The second-order valence-corrected chi connectivity index (χ2v) is 6.92. The minimum absolute atomic E-state index is 0.0588. The molecule has 1 aliphatic rings. The molecule has 2 rings (SSSR count). The van der Waals surface area contributed by atoms with E-state index in [-0.39, 0.29) is 24.2 Å². The molecule has 0 aromatic carbocycles. The molecule has 1 atom stereocenters. The minimum atomic E-state index is -0.329. The maximum absolute atomic E-state index is 11.6. The van der Waals surface area contributed by atoms with Crippen LogP contribution in [0.3, 0.4) is 0 Å². The number of halogens is 1. The van der Waals surface area contributed by atoms with Crippen LogP contribution in [0.1, 0.15) is 13.8 Å². The molecule has 1 fully saturated rings. The summed E-state index contributed by atoms with van der Waals surface area (Å²) in [4.78, 5) is 19.3. The van der Waals surface area contributed by atoms with Crippen molar-refractivity contribution >= 4 is 23.2 Å². The molecule has 0 radical (unpaired) electrons. The fraction of sp³-hybridized carbons (Fsp3) is 0.625. The first-order chi connectivity index (χ1) is 10.8. The zero-order valence-corrected chi connectivity index (χ0v) is 14.8. The van der Waals surface area contributed by atoms with E-state index in [2.05, 4.69) is 9.88 Å². The molecular weight excluding hydrogens is 318 g/mol. The molecule has 1 aliphatic heterocycles. The Morgan fingerprint density at radius 2 is 2.30 bits per heavy atom. The number of carbonyl (C=O) groups is 1. The highest BCUT2D eigenvalue weighted by molar-refractivity contribution is 6.33. The second-order valence-electron chi connectivity index (χ2n) is 6.51. The number of anilines is 1. The van der Waals surface area contributed by atoms with E-state index in [0.29, 0.717) is 18.2 Å². The first-order valence-electron chi connectivity index (χ1n) is 7.59. The van der Waals surface area contributed by atoms with Crippen molar-refractivity contribution in [2.45, 2.75) is 25.6 Å². The average Bonchev–Trinajstić information content (AvgIpc) is 2.45. The summed E-state index contributed by atoms with van der Waals surface area (Å²) in [5, 5.41) is 0.618. The first kappa shape index (κ1) is 18.0. The Morgan fingerprint density at radius 1 is 1.57 bits per heavy atom. The maximum atomic E-state index is 11.6. The van der Waals surface area contributed by atoms with Crippen molar-refractivity contribution in [2.24, 2.45) is 0 Å². The zero-order chi connectivity index (χ0) is 17.0. The highest BCUT2D eigenvalue weighted by Crippen LogP contribution is 2.30. The number of pyridine rings is 1. The van der Waals surface area contributed by atoms with Crippen LogP contribution >= 0.6 is 11.6 Å². The molecular formula is C16H24ClN3O3. The average molecular weight is 342 g/mol. The van der Waals surface area contributed by atoms with Crippen molar-refractivity contribution in [2.75, 3.05) is 45.3 Å². The number of nitrogens with zero attached hydrogens (tertiary/aromatic N) is 3. The molecule has 1 amide bonds. The van der Waals surface area contributed by atoms with Gasteiger partial charge in [-0.1, -0.05) is 11.6 Å². The smallest absolute Gasteiger partial charge is 0.248 e. The molecule has 0 N–H and O–H groups in total. The van der Waals surface area contributed by atoms with Gasteiger partial charge in [0, 0.05) is 39.6 Å². The molecule has 0 saturated carbocycles. The van der Waals surface area contributed by atoms with Crippen molar-refractivity contribution < 1.29 is 14.3 Å². The predicted molar refractivity (Wildman–Crippen MR) is 89.9 cm³/mol. The molecule has 1 aromatic rings. The van der Waals surface area contributed by atoms with E-state index in [1.54, 1.807) is 26.5 Å². The fourth-order valence-electron chi connectivity index (χ4n) is 2.60. The summed E-state index contributed by atoms with van der Waals surface area (Å²) < 4.78 is 11.6. The molecule has 1 unspecified atom stereocenters. The molecule has 1 saturated heterocycles. The van der Waals surface area contributed by atoms with Gasteiger partial charge in [0.25, 0.3) is 0 Å². The summed E-state index contributed by atoms with van der Waals surface area (Å²) in [7, 11) is 3.41. The van der Waals surface area contributed by atoms with Crippen LogP contribution in [0, 0.1) is 0 Å². The van der Waals surface area contributed by atoms with Crippen LogP contribution in [-0.4, -0.2) is 67.9 Å². The van der Waals surface area contributed by atoms with Gasteiger partial charge in [0.2, 0.25) is 5.91 Å². The quantitative estimate of drug-likeness (QED) is 0.817. The van der Waals surface area contributed by atoms with Crippen molar-refractivity contribution in [1.82, 2.24) is 9.88 Å². The number of hydrogen-bond donors (Lipinski definition) is 0. The summed E-state index contributed by atoms with van der Waals surface area (Å²) in [6.45, 7) is 5.87. The third-order valence-electron chi connectivity index (χ3n) is 3.60. The van der Waals surface area contributed by atoms with E-state index in [9.17, 15) is 4.79 Å². The number of amides is 1. The lowest BCUT2D eigenvalue weighted by Gasteiger charge is -2.44. The van der Waals surface area contributed by atoms with Gasteiger partial charge in [-0.15, -0.1) is 0 Å². The van der Waals surface area contributed by atoms with Crippen LogP contribution in [-0.2, 0) is 14.3 Å². The van der Waals surface area contributed by atoms with Gasteiger partial charge in [-0.05, 0) is 19.9 Å². The second kappa shape index (κ2) is 7.47. The molecule has 2 heterocycles. The topological polar surface area (TPSA) is 54.9 Å². The summed E-state index contributed by atoms with van der Waals surface area (Å²) in [5.74, 6) is -0.0610. The Balaban J connectivity index is 1.99. The van der Waals surface area contributed by atoms with Crippen molar-refractivity contribution in [3.05, 3.63) is 23.5 Å². The normalized spacial score (nSPS) is 20.4. The predicted octanol–water partition coefficient (Wildman–Crippen LogP) is 1.82. The van der Waals surface area contributed by atoms with Gasteiger partial charge in [-0.25, -0.2) is 0 Å². The third kappa shape index (κ3) is 5.06. The van der Waals surface area contributed by atoms with E-state index in [4.69, 9.17) is 21.1 Å². The monoisotopic (exact) mass is 341 g/mol. The van der Waals surface area contributed by atoms with E-state index in [1.807, 2.05) is 19.9 Å². The third-order valence-corrected chi connectivity index (χ3v) is 3.89. The van der Waals surface area contributed by atoms with Gasteiger partial charge in [0.15, 0.2) is 0 Å². The Kier molecular flexibility index (Phi) is 5.84. The summed E-state index contributed by atoms with van der Waals surface area (Å²) in [6.07, 6.45) is 3.24. The van der Waals surface area contributed by atoms with E-state index >= 15 is 0 Å². The maximum Gasteiger partial charge on any atom is 0.248 e. The molecule has 0 aliphatic carbocycles. The number of aromatic nitrogens is 1. The van der Waals surface area contributed by atoms with Crippen molar-refractivity contribution in [3.8, 4) is 0 Å². The van der Waals surface area contributed by atoms with E-state index in [0.717, 1.165) is 12.2 Å². The SMILES string of the molecule is CN(C)C(=O)COCC1CN(c2ccncc2Cl)CC(C)(C)O1. The highest BCUT2D eigenvalue weighted by atomic mass is 35.5. The summed E-state index contributed by atoms with van der Waals surface area (Å²) in [5.41, 5.74) is 0.608. The first-order valence-corrected chi connectivity index (χ1v) is 7.96. The number of hydrogen-bond acceptors (Lipinski definition) is 5. The number of morpholine rings is 1. The minimum Gasteiger partial charge on any atom is -0.369 e. The Morgan fingerprint density at radius 3 is 2.96 bits per heavy atom. The molecule has 6 nitrogen and oxygen atoms in total. The van der Waals surface area contributed by atoms with Crippen LogP contribution < -0.4 is 4.90 Å². The Labute approximate surface area is 142 Å². The summed E-state index contributed by atoms with van der Waals surface area (Å²) >= 11 is 6.25. The van der Waals surface area contributed by atoms with Crippen molar-refractivity contribution in [3.63, 3.8) is 0 Å². The standard InChI is InChI=1S/C16H24ClN3O3/c1-16(2)11-20(14-5-6-18-7-13(14)17)8-12(23-16)9-22-10-15(21)19(3)4/h5-7,12H,8-11H2,1-4H3. The largest absolute Gasteiger partial charge is 0.369 e. The van der Waals surface area contributed by atoms with Gasteiger partial charge in [-0.2, -0.15) is 0 Å². The van der Waals surface area contributed by atoms with E-state index < -0.39 is 0 Å². The molecule has 0 bridgehead atoms. The van der Waals surface area contributed by atoms with Crippen LogP contribution in [0.5, 0.6) is 0 Å². The lowest BCUT2D eigenvalue weighted by Crippen LogP contribution is -2.54. The van der Waals surface area contributed by atoms with Gasteiger partial charge < -0.3 is 19.3 Å². The van der Waals surface area contributed by atoms with Gasteiger partial charge in [-0.3, -0.25) is 9.78 Å². The van der Waals surface area contributed by atoms with Crippen LogP contribution in [0.25, 0.3) is 0 Å². The van der Waals surface area contributed by atoms with Crippen LogP contribution in [0.2, 0.25) is 5.02 Å². The molecule has 128 valence electrons. The number of ether oxygens (including phenoxy) is 2. The number of likely N-dealkylation sites (N-methyl/N-ethyl adjacent to an activating group) is 1. The Hall–Kier alpha value is -1.37. The summed E-state index contributed by atoms with van der Waals surface area (Å²) in [6, 6.07) is 1.90. The van der Waals surface area contributed by atoms with Crippen LogP contribution in [0.4, 0.5) is 5.69 Å². The van der Waals surface area contributed by atoms with Crippen LogP contribution in [0.15, 0.2) is 18.5 Å². The lowest BCUT2D eigenvalue weighted by molar-refractivity contribution is -0.139.